The highest BCUT2D eigenvalue weighted by atomic mass is 127. The summed E-state index contributed by atoms with van der Waals surface area (Å²) in [6.07, 6.45) is -5.25. The van der Waals surface area contributed by atoms with Crippen LogP contribution in [-0.4, -0.2) is 22.4 Å². The van der Waals surface area contributed by atoms with E-state index in [4.69, 9.17) is 16.7 Å². The summed E-state index contributed by atoms with van der Waals surface area (Å²) in [7, 11) is 0. The first-order valence-electron chi connectivity index (χ1n) is 4.44. The molecule has 0 radical (unpaired) electrons. The average molecular weight is 396 g/mol. The molecule has 0 amide bonds. The van der Waals surface area contributed by atoms with Gasteiger partial charge in [0.15, 0.2) is 5.75 Å². The van der Waals surface area contributed by atoms with E-state index >= 15 is 0 Å². The van der Waals surface area contributed by atoms with Crippen LogP contribution in [0.3, 0.4) is 0 Å². The molecule has 0 aliphatic heterocycles. The number of rotatable bonds is 4. The summed E-state index contributed by atoms with van der Waals surface area (Å²) in [6.45, 7) is 0. The third-order valence-electron chi connectivity index (χ3n) is 1.76. The van der Waals surface area contributed by atoms with Crippen LogP contribution in [0.25, 0.3) is 0 Å². The summed E-state index contributed by atoms with van der Waals surface area (Å²) < 4.78 is 40.2. The van der Waals surface area contributed by atoms with E-state index in [0.717, 1.165) is 0 Å². The minimum Gasteiger partial charge on any atom is -0.481 e. The van der Waals surface area contributed by atoms with E-state index < -0.39 is 24.5 Å². The summed E-state index contributed by atoms with van der Waals surface area (Å²) in [5, 5.41) is 8.59. The second-order valence-corrected chi connectivity index (χ2v) is 4.43. The zero-order chi connectivity index (χ0) is 13.9. The van der Waals surface area contributed by atoms with Crippen molar-refractivity contribution in [1.82, 2.24) is 4.98 Å². The second kappa shape index (κ2) is 5.91. The van der Waals surface area contributed by atoms with Gasteiger partial charge in [0.25, 0.3) is 0 Å². The van der Waals surface area contributed by atoms with Crippen molar-refractivity contribution >= 4 is 40.2 Å². The van der Waals surface area contributed by atoms with Gasteiger partial charge in [-0.25, -0.2) is 4.98 Å². The molecule has 1 aromatic rings. The van der Waals surface area contributed by atoms with Gasteiger partial charge in [0.2, 0.25) is 0 Å². The maximum atomic E-state index is 12.2. The van der Waals surface area contributed by atoms with Crippen molar-refractivity contribution in [3.8, 4) is 5.75 Å². The van der Waals surface area contributed by atoms with Gasteiger partial charge in [-0.2, -0.15) is 0 Å². The topological polar surface area (TPSA) is 59.4 Å². The van der Waals surface area contributed by atoms with E-state index in [-0.39, 0.29) is 20.8 Å². The van der Waals surface area contributed by atoms with Crippen LogP contribution in [0.4, 0.5) is 13.2 Å². The Labute approximate surface area is 118 Å². The number of carboxylic acids is 1. The smallest absolute Gasteiger partial charge is 0.481 e. The molecular formula is C9H6ClF3INO3. The van der Waals surface area contributed by atoms with E-state index in [0.29, 0.717) is 0 Å². The summed E-state index contributed by atoms with van der Waals surface area (Å²) >= 11 is 7.05. The Balaban J connectivity index is 3.15. The van der Waals surface area contributed by atoms with Crippen LogP contribution in [0.2, 0.25) is 0 Å². The van der Waals surface area contributed by atoms with Crippen LogP contribution in [0.15, 0.2) is 6.07 Å². The van der Waals surface area contributed by atoms with Crippen molar-refractivity contribution in [2.24, 2.45) is 0 Å². The molecule has 0 spiro atoms. The number of ether oxygens (including phenoxy) is 1. The van der Waals surface area contributed by atoms with Crippen LogP contribution in [-0.2, 0) is 17.1 Å². The molecular weight excluding hydrogens is 389 g/mol. The van der Waals surface area contributed by atoms with E-state index in [1.165, 1.54) is 28.7 Å². The van der Waals surface area contributed by atoms with Gasteiger partial charge in [-0.3, -0.25) is 4.79 Å². The molecule has 0 unspecified atom stereocenters. The summed E-state index contributed by atoms with van der Waals surface area (Å²) in [5.74, 6) is -1.87. The fourth-order valence-corrected chi connectivity index (χ4v) is 2.14. The largest absolute Gasteiger partial charge is 0.573 e. The number of carbonyl (C=O) groups is 1. The lowest BCUT2D eigenvalue weighted by molar-refractivity contribution is -0.275. The third kappa shape index (κ3) is 4.48. The lowest BCUT2D eigenvalue weighted by Gasteiger charge is -2.14. The van der Waals surface area contributed by atoms with Crippen molar-refractivity contribution in [2.75, 3.05) is 0 Å². The van der Waals surface area contributed by atoms with Crippen LogP contribution >= 0.6 is 34.2 Å². The van der Waals surface area contributed by atoms with E-state index in [2.05, 4.69) is 9.72 Å². The van der Waals surface area contributed by atoms with Gasteiger partial charge in [-0.05, 0) is 28.7 Å². The van der Waals surface area contributed by atoms with Crippen molar-refractivity contribution in [2.45, 2.75) is 18.7 Å². The molecule has 1 rings (SSSR count). The minimum absolute atomic E-state index is 0.0460. The van der Waals surface area contributed by atoms with E-state index in [1.807, 2.05) is 0 Å². The molecule has 0 aliphatic rings. The number of pyridine rings is 1. The lowest BCUT2D eigenvalue weighted by atomic mass is 10.2. The number of halogens is 5. The Hall–Kier alpha value is -0.770. The Morgan fingerprint density at radius 3 is 2.61 bits per heavy atom. The molecule has 4 nitrogen and oxygen atoms in total. The molecule has 0 atom stereocenters. The standard InChI is InChI=1S/C9H6ClF3INO3/c10-3-4-1-5(2-6(16)17)15-8(14)7(4)18-9(11,12)13/h1H,2-3H2,(H,16,17). The van der Waals surface area contributed by atoms with Crippen LogP contribution in [0.1, 0.15) is 11.3 Å². The van der Waals surface area contributed by atoms with Gasteiger partial charge in [0.05, 0.1) is 18.0 Å². The highest BCUT2D eigenvalue weighted by Crippen LogP contribution is 2.31. The van der Waals surface area contributed by atoms with Crippen LogP contribution < -0.4 is 4.74 Å². The number of nitrogens with zero attached hydrogens (tertiary/aromatic N) is 1. The van der Waals surface area contributed by atoms with E-state index in [1.54, 1.807) is 0 Å². The lowest BCUT2D eigenvalue weighted by Crippen LogP contribution is -2.19. The molecule has 1 heterocycles. The zero-order valence-corrected chi connectivity index (χ0v) is 11.5. The highest BCUT2D eigenvalue weighted by molar-refractivity contribution is 14.1. The number of aliphatic carboxylic acids is 1. The van der Waals surface area contributed by atoms with Crippen molar-refractivity contribution in [3.63, 3.8) is 0 Å². The van der Waals surface area contributed by atoms with Crippen molar-refractivity contribution < 1.29 is 27.8 Å². The molecule has 0 aliphatic carbocycles. The summed E-state index contributed by atoms with van der Waals surface area (Å²) in [4.78, 5) is 14.2. The summed E-state index contributed by atoms with van der Waals surface area (Å²) in [6, 6.07) is 1.18. The Bertz CT molecular complexity index is 467. The number of hydrogen-bond acceptors (Lipinski definition) is 3. The molecule has 100 valence electrons. The quantitative estimate of drug-likeness (QED) is 0.484. The maximum absolute atomic E-state index is 12.2. The van der Waals surface area contributed by atoms with Crippen molar-refractivity contribution in [3.05, 3.63) is 21.0 Å². The molecule has 0 fully saturated rings. The first-order chi connectivity index (χ1) is 8.23. The molecule has 0 saturated heterocycles. The molecule has 0 bridgehead atoms. The predicted molar refractivity (Wildman–Crippen MR) is 64.5 cm³/mol. The van der Waals surface area contributed by atoms with Gasteiger partial charge in [0.1, 0.15) is 3.70 Å². The van der Waals surface area contributed by atoms with Gasteiger partial charge < -0.3 is 9.84 Å². The molecule has 18 heavy (non-hydrogen) atoms. The SMILES string of the molecule is O=C(O)Cc1cc(CCl)c(OC(F)(F)F)c(I)n1. The Morgan fingerprint density at radius 2 is 2.17 bits per heavy atom. The fraction of sp³-hybridized carbons (Fsp3) is 0.333. The van der Waals surface area contributed by atoms with Gasteiger partial charge in [0, 0.05) is 5.56 Å². The molecule has 1 N–H and O–H groups in total. The van der Waals surface area contributed by atoms with Gasteiger partial charge >= 0.3 is 12.3 Å². The third-order valence-corrected chi connectivity index (χ3v) is 2.77. The highest BCUT2D eigenvalue weighted by Gasteiger charge is 2.33. The number of aromatic nitrogens is 1. The number of hydrogen-bond donors (Lipinski definition) is 1. The first kappa shape index (κ1) is 15.3. The average Bonchev–Trinajstić information content (AvgIpc) is 2.19. The maximum Gasteiger partial charge on any atom is 0.573 e. The summed E-state index contributed by atoms with van der Waals surface area (Å²) in [5.41, 5.74) is 0.168. The Kier molecular flexibility index (Phi) is 5.02. The van der Waals surface area contributed by atoms with E-state index in [9.17, 15) is 18.0 Å². The number of carboxylic acid groups (broad SMARTS) is 1. The number of alkyl halides is 4. The minimum atomic E-state index is -4.85. The normalized spacial score (nSPS) is 11.4. The fourth-order valence-electron chi connectivity index (χ4n) is 1.18. The zero-order valence-electron chi connectivity index (χ0n) is 8.59. The van der Waals surface area contributed by atoms with Gasteiger partial charge in [-0.1, -0.05) is 0 Å². The second-order valence-electron chi connectivity index (χ2n) is 3.14. The first-order valence-corrected chi connectivity index (χ1v) is 6.06. The molecule has 0 saturated carbocycles. The molecule has 0 aromatic carbocycles. The monoisotopic (exact) mass is 395 g/mol. The van der Waals surface area contributed by atoms with Crippen LogP contribution in [0, 0.1) is 3.70 Å². The van der Waals surface area contributed by atoms with Gasteiger partial charge in [-0.15, -0.1) is 24.8 Å². The Morgan fingerprint density at radius 1 is 1.56 bits per heavy atom. The van der Waals surface area contributed by atoms with Crippen molar-refractivity contribution in [1.29, 1.82) is 0 Å². The predicted octanol–water partition coefficient (Wildman–Crippen LogP) is 2.95. The molecule has 9 heteroatoms. The van der Waals surface area contributed by atoms with Crippen LogP contribution in [0.5, 0.6) is 5.75 Å². The molecule has 1 aromatic heterocycles.